The number of hydrogen-bond donors (Lipinski definition) is 0. The maximum absolute atomic E-state index is 13.1. The Morgan fingerprint density at radius 2 is 1.69 bits per heavy atom. The summed E-state index contributed by atoms with van der Waals surface area (Å²) in [5, 5.41) is 0. The van der Waals surface area contributed by atoms with Crippen LogP contribution in [0.1, 0.15) is 17.3 Å². The van der Waals surface area contributed by atoms with Gasteiger partial charge in [-0.1, -0.05) is 6.07 Å². The number of piperazine rings is 1. The lowest BCUT2D eigenvalue weighted by Crippen LogP contribution is -2.48. The fraction of sp³-hybridized carbons (Fsp3) is 0.300. The lowest BCUT2D eigenvalue weighted by molar-refractivity contribution is -0.120. The zero-order valence-electron chi connectivity index (χ0n) is 15.9. The predicted octanol–water partition coefficient (Wildman–Crippen LogP) is 2.08. The number of carbonyl (C=O) groups is 2. The number of benzene rings is 2. The van der Waals surface area contributed by atoms with E-state index in [1.54, 1.807) is 12.1 Å². The fourth-order valence-electron chi connectivity index (χ4n) is 3.02. The molecule has 0 aliphatic carbocycles. The van der Waals surface area contributed by atoms with Crippen LogP contribution in [-0.2, 0) is 19.6 Å². The molecular weight excluding hydrogens is 399 g/mol. The Kier molecular flexibility index (Phi) is 6.29. The number of rotatable bonds is 6. The number of Topliss-reactive ketones (excluding diaryl/α,β-unsaturated/α-hetero) is 1. The average molecular weight is 420 g/mol. The number of ether oxygens (including phenoxy) is 1. The number of esters is 1. The second-order valence-corrected chi connectivity index (χ2v) is 8.61. The topological polar surface area (TPSA) is 84.0 Å². The van der Waals surface area contributed by atoms with E-state index < -0.39 is 16.0 Å². The average Bonchev–Trinajstić information content (AvgIpc) is 2.72. The Hall–Kier alpha value is -2.78. The molecule has 0 unspecified atom stereocenters. The third-order valence-electron chi connectivity index (χ3n) is 4.54. The molecule has 1 heterocycles. The number of anilines is 1. The molecule has 1 saturated heterocycles. The molecule has 1 aliphatic rings. The van der Waals surface area contributed by atoms with Crippen molar-refractivity contribution in [3.8, 4) is 0 Å². The minimum Gasteiger partial charge on any atom is -0.454 e. The van der Waals surface area contributed by atoms with Crippen molar-refractivity contribution < 1.29 is 27.1 Å². The van der Waals surface area contributed by atoms with Gasteiger partial charge in [0.25, 0.3) is 0 Å². The summed E-state index contributed by atoms with van der Waals surface area (Å²) in [6.07, 6.45) is 0. The van der Waals surface area contributed by atoms with Crippen molar-refractivity contribution >= 4 is 27.5 Å². The molecule has 1 fully saturated rings. The summed E-state index contributed by atoms with van der Waals surface area (Å²) in [6.45, 7) is 2.38. The summed E-state index contributed by atoms with van der Waals surface area (Å²) in [6, 6.07) is 11.6. The Balaban J connectivity index is 1.70. The molecule has 0 spiro atoms. The molecule has 0 atom stereocenters. The van der Waals surface area contributed by atoms with Crippen molar-refractivity contribution in [2.24, 2.45) is 0 Å². The molecule has 0 radical (unpaired) electrons. The highest BCUT2D eigenvalue weighted by atomic mass is 32.2. The van der Waals surface area contributed by atoms with Crippen LogP contribution in [-0.4, -0.2) is 57.3 Å². The number of hydrogen-bond acceptors (Lipinski definition) is 6. The maximum Gasteiger partial charge on any atom is 0.338 e. The van der Waals surface area contributed by atoms with E-state index in [1.165, 1.54) is 47.6 Å². The number of ketones is 1. The summed E-state index contributed by atoms with van der Waals surface area (Å²) >= 11 is 0. The van der Waals surface area contributed by atoms with E-state index in [0.29, 0.717) is 13.1 Å². The fourth-order valence-corrected chi connectivity index (χ4v) is 4.49. The molecule has 9 heteroatoms. The van der Waals surface area contributed by atoms with Gasteiger partial charge in [0.1, 0.15) is 12.4 Å². The second kappa shape index (κ2) is 8.71. The molecule has 0 N–H and O–H groups in total. The quantitative estimate of drug-likeness (QED) is 0.666. The van der Waals surface area contributed by atoms with Crippen molar-refractivity contribution in [3.05, 3.63) is 59.9 Å². The zero-order valence-corrected chi connectivity index (χ0v) is 16.7. The van der Waals surface area contributed by atoms with Crippen LogP contribution in [0.4, 0.5) is 10.1 Å². The Labute approximate surface area is 168 Å². The highest BCUT2D eigenvalue weighted by Gasteiger charge is 2.29. The van der Waals surface area contributed by atoms with Crippen LogP contribution < -0.4 is 4.90 Å². The van der Waals surface area contributed by atoms with Gasteiger partial charge in [-0.05, 0) is 49.4 Å². The largest absolute Gasteiger partial charge is 0.454 e. The molecule has 1 aliphatic heterocycles. The Morgan fingerprint density at radius 3 is 2.31 bits per heavy atom. The standard InChI is InChI=1S/C20H21FN2O5S/c1-15(24)14-28-20(25)16-3-2-4-19(13-16)29(26,27)23-11-9-22(10-12-23)18-7-5-17(21)6-8-18/h2-8,13H,9-12,14H2,1H3. The lowest BCUT2D eigenvalue weighted by atomic mass is 10.2. The van der Waals surface area contributed by atoms with Crippen LogP contribution in [0.15, 0.2) is 53.4 Å². The molecule has 0 amide bonds. The maximum atomic E-state index is 13.1. The van der Waals surface area contributed by atoms with Crippen LogP contribution in [0.2, 0.25) is 0 Å². The van der Waals surface area contributed by atoms with Crippen LogP contribution in [0.25, 0.3) is 0 Å². The monoisotopic (exact) mass is 420 g/mol. The van der Waals surface area contributed by atoms with E-state index >= 15 is 0 Å². The molecule has 2 aromatic carbocycles. The zero-order chi connectivity index (χ0) is 21.0. The molecule has 0 aromatic heterocycles. The van der Waals surface area contributed by atoms with Gasteiger partial charge in [0.15, 0.2) is 5.78 Å². The van der Waals surface area contributed by atoms with Gasteiger partial charge in [-0.3, -0.25) is 4.79 Å². The van der Waals surface area contributed by atoms with Gasteiger partial charge in [0.2, 0.25) is 10.0 Å². The van der Waals surface area contributed by atoms with E-state index in [2.05, 4.69) is 0 Å². The third-order valence-corrected chi connectivity index (χ3v) is 6.44. The molecule has 29 heavy (non-hydrogen) atoms. The molecular formula is C20H21FN2O5S. The summed E-state index contributed by atoms with van der Waals surface area (Å²) in [4.78, 5) is 24.9. The van der Waals surface area contributed by atoms with Crippen molar-refractivity contribution in [1.29, 1.82) is 0 Å². The van der Waals surface area contributed by atoms with Crippen LogP contribution in [0.5, 0.6) is 0 Å². The summed E-state index contributed by atoms with van der Waals surface area (Å²) in [7, 11) is -3.79. The van der Waals surface area contributed by atoms with E-state index in [9.17, 15) is 22.4 Å². The van der Waals surface area contributed by atoms with Gasteiger partial charge in [-0.2, -0.15) is 4.31 Å². The van der Waals surface area contributed by atoms with E-state index in [0.717, 1.165) is 5.69 Å². The van der Waals surface area contributed by atoms with Crippen molar-refractivity contribution in [3.63, 3.8) is 0 Å². The normalized spacial score (nSPS) is 15.2. The van der Waals surface area contributed by atoms with Gasteiger partial charge >= 0.3 is 5.97 Å². The predicted molar refractivity (Wildman–Crippen MR) is 105 cm³/mol. The third kappa shape index (κ3) is 4.99. The SMILES string of the molecule is CC(=O)COC(=O)c1cccc(S(=O)(=O)N2CCN(c3ccc(F)cc3)CC2)c1. The van der Waals surface area contributed by atoms with Crippen molar-refractivity contribution in [2.75, 3.05) is 37.7 Å². The van der Waals surface area contributed by atoms with Crippen LogP contribution in [0, 0.1) is 5.82 Å². The van der Waals surface area contributed by atoms with Gasteiger partial charge in [-0.15, -0.1) is 0 Å². The summed E-state index contributed by atoms with van der Waals surface area (Å²) < 4.78 is 45.2. The van der Waals surface area contributed by atoms with Crippen molar-refractivity contribution in [2.45, 2.75) is 11.8 Å². The first-order valence-corrected chi connectivity index (χ1v) is 10.5. The van der Waals surface area contributed by atoms with Crippen molar-refractivity contribution in [1.82, 2.24) is 4.31 Å². The minimum atomic E-state index is -3.79. The molecule has 0 saturated carbocycles. The number of halogens is 1. The molecule has 3 rings (SSSR count). The number of nitrogens with zero attached hydrogens (tertiary/aromatic N) is 2. The first-order valence-electron chi connectivity index (χ1n) is 9.04. The van der Waals surface area contributed by atoms with E-state index in [-0.39, 0.29) is 41.8 Å². The highest BCUT2D eigenvalue weighted by Crippen LogP contribution is 2.22. The number of carbonyl (C=O) groups excluding carboxylic acids is 2. The first kappa shape index (κ1) is 20.9. The molecule has 7 nitrogen and oxygen atoms in total. The van der Waals surface area contributed by atoms with Gasteiger partial charge in [0.05, 0.1) is 10.5 Å². The van der Waals surface area contributed by atoms with Gasteiger partial charge in [-0.25, -0.2) is 17.6 Å². The highest BCUT2D eigenvalue weighted by molar-refractivity contribution is 7.89. The first-order chi connectivity index (χ1) is 13.8. The van der Waals surface area contributed by atoms with Crippen LogP contribution >= 0.6 is 0 Å². The van der Waals surface area contributed by atoms with E-state index in [1.807, 2.05) is 4.90 Å². The lowest BCUT2D eigenvalue weighted by Gasteiger charge is -2.35. The second-order valence-electron chi connectivity index (χ2n) is 6.67. The number of sulfonamides is 1. The smallest absolute Gasteiger partial charge is 0.338 e. The molecule has 154 valence electrons. The Bertz CT molecular complexity index is 1000. The minimum absolute atomic E-state index is 0.00925. The van der Waals surface area contributed by atoms with Gasteiger partial charge < -0.3 is 9.64 Å². The summed E-state index contributed by atoms with van der Waals surface area (Å²) in [5.41, 5.74) is 0.899. The van der Waals surface area contributed by atoms with E-state index in [4.69, 9.17) is 4.74 Å². The van der Waals surface area contributed by atoms with Gasteiger partial charge in [0, 0.05) is 31.9 Å². The Morgan fingerprint density at radius 1 is 1.03 bits per heavy atom. The molecule has 0 bridgehead atoms. The molecule has 2 aromatic rings. The summed E-state index contributed by atoms with van der Waals surface area (Å²) in [5.74, 6) is -1.38. The van der Waals surface area contributed by atoms with Crippen LogP contribution in [0.3, 0.4) is 0 Å².